The zero-order valence-corrected chi connectivity index (χ0v) is 12.5. The highest BCUT2D eigenvalue weighted by molar-refractivity contribution is 7.14. The summed E-state index contributed by atoms with van der Waals surface area (Å²) in [7, 11) is 1.32. The van der Waals surface area contributed by atoms with E-state index in [0.29, 0.717) is 23.8 Å². The summed E-state index contributed by atoms with van der Waals surface area (Å²) >= 11 is 1.30. The molecule has 1 N–H and O–H groups in total. The van der Waals surface area contributed by atoms with E-state index in [1.807, 2.05) is 13.8 Å². The normalized spacial score (nSPS) is 22.4. The number of anilines is 1. The summed E-state index contributed by atoms with van der Waals surface area (Å²) in [5, 5.41) is 5.04. The van der Waals surface area contributed by atoms with Gasteiger partial charge in [-0.2, -0.15) is 0 Å². The highest BCUT2D eigenvalue weighted by atomic mass is 32.1. The number of methoxy groups -OCH3 is 1. The average molecular weight is 298 g/mol. The molecule has 110 valence electrons. The van der Waals surface area contributed by atoms with Crippen LogP contribution in [0.5, 0.6) is 0 Å². The van der Waals surface area contributed by atoms with E-state index in [0.717, 1.165) is 0 Å². The third-order valence-electron chi connectivity index (χ3n) is 3.19. The molecule has 0 radical (unpaired) electrons. The second-order valence-electron chi connectivity index (χ2n) is 4.73. The summed E-state index contributed by atoms with van der Waals surface area (Å²) in [5.41, 5.74) is 0.374. The molecule has 7 heteroatoms. The molecule has 0 saturated carbocycles. The summed E-state index contributed by atoms with van der Waals surface area (Å²) in [6.07, 6.45) is 0. The molecule has 0 bridgehead atoms. The third-order valence-corrected chi connectivity index (χ3v) is 4.02. The van der Waals surface area contributed by atoms with Gasteiger partial charge in [-0.1, -0.05) is 0 Å². The summed E-state index contributed by atoms with van der Waals surface area (Å²) < 4.78 is 10.1. The largest absolute Gasteiger partial charge is 0.465 e. The number of esters is 1. The lowest BCUT2D eigenvalue weighted by Crippen LogP contribution is -2.54. The first-order valence-corrected chi connectivity index (χ1v) is 7.25. The minimum Gasteiger partial charge on any atom is -0.465 e. The van der Waals surface area contributed by atoms with Gasteiger partial charge in [0.05, 0.1) is 38.0 Å². The predicted octanol–water partition coefficient (Wildman–Crippen LogP) is 2.18. The predicted molar refractivity (Wildman–Crippen MR) is 76.3 cm³/mol. The van der Waals surface area contributed by atoms with Crippen molar-refractivity contribution in [1.29, 1.82) is 0 Å². The Kier molecular flexibility index (Phi) is 4.61. The van der Waals surface area contributed by atoms with Crippen LogP contribution >= 0.6 is 11.3 Å². The number of amides is 2. The second kappa shape index (κ2) is 6.23. The van der Waals surface area contributed by atoms with Gasteiger partial charge in [0, 0.05) is 0 Å². The van der Waals surface area contributed by atoms with Gasteiger partial charge >= 0.3 is 12.0 Å². The fourth-order valence-electron chi connectivity index (χ4n) is 2.24. The lowest BCUT2D eigenvalue weighted by molar-refractivity contribution is -0.0111. The number of urea groups is 1. The van der Waals surface area contributed by atoms with Crippen molar-refractivity contribution in [2.75, 3.05) is 25.6 Å². The van der Waals surface area contributed by atoms with Crippen molar-refractivity contribution in [3.05, 3.63) is 17.0 Å². The summed E-state index contributed by atoms with van der Waals surface area (Å²) in [5.74, 6) is -0.454. The molecule has 0 aliphatic carbocycles. The molecular formula is C13H18N2O4S. The standard InChI is InChI=1S/C13H18N2O4S/c1-8-6-19-7-9(2)15(8)13(17)14-11-10(4-5-20-11)12(16)18-3/h4-5,8-9H,6-7H2,1-3H3,(H,14,17). The molecule has 2 rings (SSSR count). The SMILES string of the molecule is COC(=O)c1ccsc1NC(=O)N1C(C)COCC1C. The van der Waals surface area contributed by atoms with Crippen molar-refractivity contribution in [3.63, 3.8) is 0 Å². The molecule has 0 aromatic carbocycles. The Morgan fingerprint density at radius 1 is 1.40 bits per heavy atom. The number of hydrogen-bond acceptors (Lipinski definition) is 5. The highest BCUT2D eigenvalue weighted by Gasteiger charge is 2.30. The molecule has 2 heterocycles. The minimum atomic E-state index is -0.454. The van der Waals surface area contributed by atoms with Crippen LogP contribution in [0.15, 0.2) is 11.4 Å². The number of nitrogens with zero attached hydrogens (tertiary/aromatic N) is 1. The number of thiophene rings is 1. The summed E-state index contributed by atoms with van der Waals surface area (Å²) in [6.45, 7) is 4.91. The van der Waals surface area contributed by atoms with E-state index in [4.69, 9.17) is 4.74 Å². The van der Waals surface area contributed by atoms with Crippen LogP contribution in [0.4, 0.5) is 9.80 Å². The first-order valence-electron chi connectivity index (χ1n) is 6.37. The fraction of sp³-hybridized carbons (Fsp3) is 0.538. The Morgan fingerprint density at radius 3 is 2.65 bits per heavy atom. The van der Waals surface area contributed by atoms with E-state index in [9.17, 15) is 9.59 Å². The van der Waals surface area contributed by atoms with Crippen molar-refractivity contribution in [2.24, 2.45) is 0 Å². The van der Waals surface area contributed by atoms with Crippen molar-refractivity contribution >= 4 is 28.3 Å². The van der Waals surface area contributed by atoms with Crippen molar-refractivity contribution in [1.82, 2.24) is 4.90 Å². The number of morpholine rings is 1. The lowest BCUT2D eigenvalue weighted by Gasteiger charge is -2.38. The van der Waals surface area contributed by atoms with E-state index in [2.05, 4.69) is 10.1 Å². The first-order chi connectivity index (χ1) is 9.54. The van der Waals surface area contributed by atoms with Gasteiger partial charge in [-0.25, -0.2) is 9.59 Å². The van der Waals surface area contributed by atoms with Crippen LogP contribution in [0.3, 0.4) is 0 Å². The molecule has 2 unspecified atom stereocenters. The molecule has 2 amide bonds. The fourth-order valence-corrected chi connectivity index (χ4v) is 3.01. The number of carbonyl (C=O) groups is 2. The Labute approximate surface area is 121 Å². The number of carbonyl (C=O) groups excluding carboxylic acids is 2. The minimum absolute atomic E-state index is 0.000268. The molecule has 6 nitrogen and oxygen atoms in total. The summed E-state index contributed by atoms with van der Waals surface area (Å²) in [6, 6.07) is 1.42. The van der Waals surface area contributed by atoms with E-state index >= 15 is 0 Å². The number of nitrogens with one attached hydrogen (secondary N) is 1. The van der Waals surface area contributed by atoms with Crippen LogP contribution in [0.1, 0.15) is 24.2 Å². The molecule has 20 heavy (non-hydrogen) atoms. The third kappa shape index (κ3) is 2.94. The van der Waals surface area contributed by atoms with Gasteiger partial charge in [-0.3, -0.25) is 5.32 Å². The van der Waals surface area contributed by atoms with Crippen molar-refractivity contribution in [2.45, 2.75) is 25.9 Å². The Balaban J connectivity index is 2.11. The summed E-state index contributed by atoms with van der Waals surface area (Å²) in [4.78, 5) is 25.7. The molecule has 1 aliphatic heterocycles. The molecule has 0 spiro atoms. The van der Waals surface area contributed by atoms with E-state index in [1.165, 1.54) is 18.4 Å². The lowest BCUT2D eigenvalue weighted by atomic mass is 10.2. The van der Waals surface area contributed by atoms with E-state index in [1.54, 1.807) is 16.3 Å². The van der Waals surface area contributed by atoms with Crippen molar-refractivity contribution < 1.29 is 19.1 Å². The Morgan fingerprint density at radius 2 is 2.05 bits per heavy atom. The maximum atomic E-state index is 12.4. The average Bonchev–Trinajstić information content (AvgIpc) is 2.85. The van der Waals surface area contributed by atoms with Crippen LogP contribution in [0.2, 0.25) is 0 Å². The number of hydrogen-bond donors (Lipinski definition) is 1. The van der Waals surface area contributed by atoms with Crippen molar-refractivity contribution in [3.8, 4) is 0 Å². The molecular weight excluding hydrogens is 280 g/mol. The zero-order chi connectivity index (χ0) is 14.7. The maximum absolute atomic E-state index is 12.4. The topological polar surface area (TPSA) is 67.9 Å². The zero-order valence-electron chi connectivity index (χ0n) is 11.7. The first kappa shape index (κ1) is 14.8. The molecule has 1 aromatic heterocycles. The van der Waals surface area contributed by atoms with Gasteiger partial charge in [-0.15, -0.1) is 11.3 Å². The van der Waals surface area contributed by atoms with E-state index in [-0.39, 0.29) is 18.1 Å². The number of ether oxygens (including phenoxy) is 2. The van der Waals surface area contributed by atoms with Gasteiger partial charge in [0.15, 0.2) is 0 Å². The monoisotopic (exact) mass is 298 g/mol. The van der Waals surface area contributed by atoms with Crippen LogP contribution in [0.25, 0.3) is 0 Å². The smallest absolute Gasteiger partial charge is 0.340 e. The van der Waals surface area contributed by atoms with Crippen LogP contribution in [0, 0.1) is 0 Å². The second-order valence-corrected chi connectivity index (χ2v) is 5.64. The molecule has 1 saturated heterocycles. The Bertz CT molecular complexity index is 492. The molecule has 1 aliphatic rings. The Hall–Kier alpha value is -1.60. The van der Waals surface area contributed by atoms with Gasteiger partial charge < -0.3 is 14.4 Å². The quantitative estimate of drug-likeness (QED) is 0.850. The van der Waals surface area contributed by atoms with Crippen LogP contribution < -0.4 is 5.32 Å². The maximum Gasteiger partial charge on any atom is 0.340 e. The highest BCUT2D eigenvalue weighted by Crippen LogP contribution is 2.25. The van der Waals surface area contributed by atoms with Gasteiger partial charge in [0.25, 0.3) is 0 Å². The molecule has 1 aromatic rings. The van der Waals surface area contributed by atoms with Crippen LogP contribution in [-0.2, 0) is 9.47 Å². The molecule has 1 fully saturated rings. The van der Waals surface area contributed by atoms with Crippen LogP contribution in [-0.4, -0.2) is 49.3 Å². The molecule has 2 atom stereocenters. The number of rotatable bonds is 2. The van der Waals surface area contributed by atoms with Gasteiger partial charge in [-0.05, 0) is 25.3 Å². The van der Waals surface area contributed by atoms with E-state index < -0.39 is 5.97 Å². The van der Waals surface area contributed by atoms with Gasteiger partial charge in [0.2, 0.25) is 0 Å². The van der Waals surface area contributed by atoms with Gasteiger partial charge in [0.1, 0.15) is 5.00 Å².